The summed E-state index contributed by atoms with van der Waals surface area (Å²) >= 11 is 7.74. The van der Waals surface area contributed by atoms with Gasteiger partial charge in [0.15, 0.2) is 5.15 Å². The van der Waals surface area contributed by atoms with Gasteiger partial charge in [-0.25, -0.2) is 9.55 Å². The van der Waals surface area contributed by atoms with Crippen molar-refractivity contribution in [3.63, 3.8) is 0 Å². The van der Waals surface area contributed by atoms with Gasteiger partial charge in [-0.3, -0.25) is 22.9 Å². The van der Waals surface area contributed by atoms with Gasteiger partial charge in [-0.2, -0.15) is 0 Å². The first-order chi connectivity index (χ1) is 19.2. The van der Waals surface area contributed by atoms with Crippen LogP contribution in [0.15, 0.2) is 0 Å². The lowest BCUT2D eigenvalue weighted by atomic mass is 10.0. The molecular formula is C26H44ClN6O7PS. The number of anilines is 1. The molecule has 16 heteroatoms. The van der Waals surface area contributed by atoms with Gasteiger partial charge in [0.05, 0.1) is 29.0 Å². The molecule has 13 nitrogen and oxygen atoms in total. The second-order valence-corrected chi connectivity index (χ2v) is 15.4. The van der Waals surface area contributed by atoms with Gasteiger partial charge < -0.3 is 20.1 Å². The molecule has 0 spiro atoms. The normalized spacial score (nSPS) is 18.9. The minimum absolute atomic E-state index is 0.00569. The maximum absolute atomic E-state index is 13.6. The predicted molar refractivity (Wildman–Crippen MR) is 161 cm³/mol. The fourth-order valence-electron chi connectivity index (χ4n) is 4.29. The molecule has 0 saturated carbocycles. The van der Waals surface area contributed by atoms with Crippen molar-refractivity contribution in [3.05, 3.63) is 21.7 Å². The third-order valence-corrected chi connectivity index (χ3v) is 9.64. The number of aliphatic hydroxyl groups is 1. The molecule has 2 atom stereocenters. The molecule has 2 aromatic heterocycles. The maximum atomic E-state index is 13.6. The molecule has 1 saturated heterocycles. The summed E-state index contributed by atoms with van der Waals surface area (Å²) in [5, 5.41) is 23.0. The lowest BCUT2D eigenvalue weighted by molar-refractivity contribution is -0.00680. The summed E-state index contributed by atoms with van der Waals surface area (Å²) in [6.45, 7) is 16.4. The lowest BCUT2D eigenvalue weighted by Crippen LogP contribution is -2.55. The molecule has 1 aliphatic heterocycles. The standard InChI is InChI=1S/C26H44ClN6O7PS/c1-11-17-19(27)29-20(33(17)15-38-41(36,39-24(2,3)4)40-25(5,6)7)21(34)28-16-12-13-32(14-18(16)37-10)23-31-30-22(42-23)26(8,9)35/h16,18,35H,11-15H2,1-10H3,(H,28,34)/t16-,18+/m1/s1. The van der Waals surface area contributed by atoms with E-state index in [0.717, 1.165) is 0 Å². The van der Waals surface area contributed by atoms with Crippen LogP contribution >= 0.6 is 30.8 Å². The first-order valence-electron chi connectivity index (χ1n) is 13.8. The average molecular weight is 651 g/mol. The number of phosphoric acid groups is 1. The number of halogens is 1. The smallest absolute Gasteiger partial charge is 0.383 e. The Morgan fingerprint density at radius 2 is 1.76 bits per heavy atom. The molecule has 42 heavy (non-hydrogen) atoms. The highest BCUT2D eigenvalue weighted by Crippen LogP contribution is 2.55. The zero-order valence-electron chi connectivity index (χ0n) is 26.1. The van der Waals surface area contributed by atoms with Crippen molar-refractivity contribution in [3.8, 4) is 0 Å². The number of amides is 1. The van der Waals surface area contributed by atoms with Crippen molar-refractivity contribution in [2.24, 2.45) is 0 Å². The highest BCUT2D eigenvalue weighted by Gasteiger charge is 2.39. The molecule has 2 N–H and O–H groups in total. The topological polar surface area (TPSA) is 150 Å². The molecule has 1 fully saturated rings. The highest BCUT2D eigenvalue weighted by molar-refractivity contribution is 7.48. The Morgan fingerprint density at radius 1 is 1.14 bits per heavy atom. The number of nitrogens with one attached hydrogen (secondary N) is 1. The first kappa shape index (κ1) is 34.8. The molecular weight excluding hydrogens is 607 g/mol. The lowest BCUT2D eigenvalue weighted by Gasteiger charge is -2.37. The van der Waals surface area contributed by atoms with Gasteiger partial charge in [0, 0.05) is 20.2 Å². The number of hydrogen-bond acceptors (Lipinski definition) is 12. The van der Waals surface area contributed by atoms with Crippen LogP contribution in [-0.2, 0) is 41.6 Å². The molecule has 0 aliphatic carbocycles. The van der Waals surface area contributed by atoms with Gasteiger partial charge in [0.25, 0.3) is 5.91 Å². The van der Waals surface area contributed by atoms with Gasteiger partial charge in [-0.05, 0) is 68.2 Å². The van der Waals surface area contributed by atoms with E-state index in [1.165, 1.54) is 15.9 Å². The zero-order chi connectivity index (χ0) is 31.7. The van der Waals surface area contributed by atoms with E-state index in [0.29, 0.717) is 41.8 Å². The van der Waals surface area contributed by atoms with Crippen LogP contribution in [0.25, 0.3) is 0 Å². The second-order valence-electron chi connectivity index (χ2n) is 12.6. The number of carbonyl (C=O) groups excluding carboxylic acids is 1. The molecule has 1 aliphatic rings. The quantitative estimate of drug-likeness (QED) is 0.319. The number of rotatable bonds is 11. The Morgan fingerprint density at radius 3 is 2.26 bits per heavy atom. The number of hydrogen-bond donors (Lipinski definition) is 2. The Bertz CT molecular complexity index is 1260. The molecule has 0 bridgehead atoms. The number of methoxy groups -OCH3 is 1. The van der Waals surface area contributed by atoms with E-state index >= 15 is 0 Å². The summed E-state index contributed by atoms with van der Waals surface area (Å²) in [5.41, 5.74) is -2.19. The summed E-state index contributed by atoms with van der Waals surface area (Å²) in [5.74, 6) is -0.476. The number of phosphoric ester groups is 1. The number of ether oxygens (including phenoxy) is 1. The minimum atomic E-state index is -4.07. The fourth-order valence-corrected chi connectivity index (χ4v) is 7.23. The van der Waals surface area contributed by atoms with Gasteiger partial charge in [-0.15, -0.1) is 10.2 Å². The SMILES string of the molecule is CCc1c(Cl)nc(C(=O)N[C@@H]2CCN(c3nnc(C(C)(C)O)s3)C[C@@H]2OC)n1COP(=O)(OC(C)(C)C)OC(C)(C)C. The Labute approximate surface area is 256 Å². The molecule has 3 rings (SSSR count). The Hall–Kier alpha value is -1.64. The van der Waals surface area contributed by atoms with Crippen molar-refractivity contribution in [1.82, 2.24) is 25.1 Å². The third-order valence-electron chi connectivity index (χ3n) is 6.06. The van der Waals surface area contributed by atoms with Crippen LogP contribution in [-0.4, -0.2) is 74.3 Å². The van der Waals surface area contributed by atoms with E-state index in [4.69, 9.17) is 29.9 Å². The van der Waals surface area contributed by atoms with Crippen LogP contribution in [0.4, 0.5) is 5.13 Å². The zero-order valence-corrected chi connectivity index (χ0v) is 28.5. The largest absolute Gasteiger partial charge is 0.477 e. The molecule has 0 radical (unpaired) electrons. The van der Waals surface area contributed by atoms with Crippen molar-refractivity contribution < 1.29 is 32.8 Å². The van der Waals surface area contributed by atoms with Crippen LogP contribution < -0.4 is 10.2 Å². The average Bonchev–Trinajstić information content (AvgIpc) is 3.45. The van der Waals surface area contributed by atoms with Crippen molar-refractivity contribution in [1.29, 1.82) is 0 Å². The van der Waals surface area contributed by atoms with Gasteiger partial charge in [0.1, 0.15) is 17.3 Å². The van der Waals surface area contributed by atoms with E-state index in [1.54, 1.807) is 62.5 Å². The second kappa shape index (κ2) is 13.2. The van der Waals surface area contributed by atoms with Crippen molar-refractivity contribution in [2.45, 2.75) is 111 Å². The van der Waals surface area contributed by atoms with E-state index in [9.17, 15) is 14.5 Å². The number of nitrogens with zero attached hydrogens (tertiary/aromatic N) is 5. The summed E-state index contributed by atoms with van der Waals surface area (Å²) in [6.07, 6.45) is 0.639. The summed E-state index contributed by atoms with van der Waals surface area (Å²) < 4.78 is 38.1. The highest BCUT2D eigenvalue weighted by atomic mass is 35.5. The number of imidazole rings is 1. The Kier molecular flexibility index (Phi) is 10.9. The third kappa shape index (κ3) is 9.18. The maximum Gasteiger partial charge on any atom is 0.477 e. The van der Waals surface area contributed by atoms with E-state index in [1.807, 2.05) is 11.8 Å². The summed E-state index contributed by atoms with van der Waals surface area (Å²) in [7, 11) is -2.49. The van der Waals surface area contributed by atoms with E-state index in [-0.39, 0.29) is 29.9 Å². The van der Waals surface area contributed by atoms with Crippen LogP contribution in [0, 0.1) is 0 Å². The first-order valence-corrected chi connectivity index (χ1v) is 16.5. The Balaban J connectivity index is 1.78. The summed E-state index contributed by atoms with van der Waals surface area (Å²) in [6, 6.07) is -0.338. The van der Waals surface area contributed by atoms with Crippen molar-refractivity contribution in [2.75, 3.05) is 25.1 Å². The number of aromatic nitrogens is 4. The van der Waals surface area contributed by atoms with E-state index < -0.39 is 30.5 Å². The molecule has 0 aromatic carbocycles. The van der Waals surface area contributed by atoms with Gasteiger partial charge in [-0.1, -0.05) is 29.9 Å². The number of carbonyl (C=O) groups is 1. The number of piperidine rings is 1. The molecule has 1 amide bonds. The summed E-state index contributed by atoms with van der Waals surface area (Å²) in [4.78, 5) is 19.9. The fraction of sp³-hybridized carbons (Fsp3) is 0.769. The monoisotopic (exact) mass is 650 g/mol. The van der Waals surface area contributed by atoms with Crippen LogP contribution in [0.5, 0.6) is 0 Å². The van der Waals surface area contributed by atoms with E-state index in [2.05, 4.69) is 20.5 Å². The molecule has 3 heterocycles. The van der Waals surface area contributed by atoms with Crippen LogP contribution in [0.2, 0.25) is 5.15 Å². The minimum Gasteiger partial charge on any atom is -0.383 e. The molecule has 0 unspecified atom stereocenters. The van der Waals surface area contributed by atoms with Crippen LogP contribution in [0.3, 0.4) is 0 Å². The predicted octanol–water partition coefficient (Wildman–Crippen LogP) is 4.91. The van der Waals surface area contributed by atoms with Gasteiger partial charge in [0.2, 0.25) is 11.0 Å². The van der Waals surface area contributed by atoms with Crippen molar-refractivity contribution >= 4 is 41.8 Å². The molecule has 2 aromatic rings. The molecule has 238 valence electrons. The van der Waals surface area contributed by atoms with Crippen LogP contribution in [0.1, 0.15) is 90.1 Å². The van der Waals surface area contributed by atoms with Gasteiger partial charge >= 0.3 is 7.82 Å².